The summed E-state index contributed by atoms with van der Waals surface area (Å²) in [6.07, 6.45) is 1.33. The Bertz CT molecular complexity index is 488. The molecule has 0 aliphatic heterocycles. The lowest BCUT2D eigenvalue weighted by atomic mass is 10.3. The van der Waals surface area contributed by atoms with Gasteiger partial charge in [0, 0.05) is 10.5 Å². The Morgan fingerprint density at radius 2 is 2.07 bits per heavy atom. The molecule has 0 amide bonds. The van der Waals surface area contributed by atoms with Crippen LogP contribution in [0.5, 0.6) is 0 Å². The zero-order valence-electron chi connectivity index (χ0n) is 7.28. The maximum absolute atomic E-state index is 13.4. The summed E-state index contributed by atoms with van der Waals surface area (Å²) in [5, 5.41) is 7.09. The molecule has 1 heterocycles. The first kappa shape index (κ1) is 10.0. The number of hydrogen-bond acceptors (Lipinski definition) is 3. The topological polar surface area (TPSA) is 56.7 Å². The Labute approximate surface area is 91.8 Å². The third kappa shape index (κ3) is 1.82. The number of hydrogen-bond donors (Lipinski definition) is 1. The number of anilines is 1. The molecular formula is C8H5BrF2N4. The summed E-state index contributed by atoms with van der Waals surface area (Å²) in [4.78, 5) is 0. The summed E-state index contributed by atoms with van der Waals surface area (Å²) in [7, 11) is 0. The first-order valence-corrected chi connectivity index (χ1v) is 4.70. The standard InChI is InChI=1S/C8H5BrF2N4/c9-5-1-4(10)2-6(11)8(5)15-3-7(12)13-14-15/h1-3H,12H2. The maximum atomic E-state index is 13.4. The molecule has 15 heavy (non-hydrogen) atoms. The van der Waals surface area contributed by atoms with Crippen molar-refractivity contribution < 1.29 is 8.78 Å². The molecule has 78 valence electrons. The van der Waals surface area contributed by atoms with E-state index >= 15 is 0 Å². The fraction of sp³-hybridized carbons (Fsp3) is 0. The normalized spacial score (nSPS) is 10.6. The number of aromatic nitrogens is 3. The molecule has 1 aromatic heterocycles. The highest BCUT2D eigenvalue weighted by Gasteiger charge is 2.12. The van der Waals surface area contributed by atoms with Crippen molar-refractivity contribution >= 4 is 21.7 Å². The number of nitrogens with zero attached hydrogens (tertiary/aromatic N) is 3. The minimum absolute atomic E-state index is 0.0700. The van der Waals surface area contributed by atoms with Crippen LogP contribution in [0.1, 0.15) is 0 Å². The number of halogens is 3. The Hall–Kier alpha value is -1.50. The van der Waals surface area contributed by atoms with Crippen molar-refractivity contribution in [1.29, 1.82) is 0 Å². The van der Waals surface area contributed by atoms with Crippen LogP contribution in [-0.2, 0) is 0 Å². The van der Waals surface area contributed by atoms with E-state index in [0.29, 0.717) is 0 Å². The van der Waals surface area contributed by atoms with Gasteiger partial charge in [0.05, 0.1) is 6.20 Å². The van der Waals surface area contributed by atoms with Gasteiger partial charge in [-0.2, -0.15) is 0 Å². The average Bonchev–Trinajstić information content (AvgIpc) is 2.49. The lowest BCUT2D eigenvalue weighted by Gasteiger charge is -2.04. The van der Waals surface area contributed by atoms with Crippen LogP contribution >= 0.6 is 15.9 Å². The molecule has 0 saturated carbocycles. The number of benzene rings is 1. The molecule has 0 atom stereocenters. The summed E-state index contributed by atoms with van der Waals surface area (Å²) in [5.74, 6) is -1.26. The first-order valence-electron chi connectivity index (χ1n) is 3.90. The van der Waals surface area contributed by atoms with Crippen molar-refractivity contribution in [1.82, 2.24) is 15.0 Å². The maximum Gasteiger partial charge on any atom is 0.166 e. The number of nitrogen functional groups attached to an aromatic ring is 1. The Morgan fingerprint density at radius 3 is 2.60 bits per heavy atom. The lowest BCUT2D eigenvalue weighted by Crippen LogP contribution is -2.00. The second kappa shape index (κ2) is 3.58. The van der Waals surface area contributed by atoms with Crippen molar-refractivity contribution in [2.45, 2.75) is 0 Å². The van der Waals surface area contributed by atoms with Gasteiger partial charge in [0.2, 0.25) is 0 Å². The smallest absolute Gasteiger partial charge is 0.166 e. The summed E-state index contributed by atoms with van der Waals surface area (Å²) < 4.78 is 27.6. The van der Waals surface area contributed by atoms with E-state index in [1.807, 2.05) is 0 Å². The van der Waals surface area contributed by atoms with E-state index in [9.17, 15) is 8.78 Å². The van der Waals surface area contributed by atoms with E-state index in [0.717, 1.165) is 16.8 Å². The molecule has 0 aliphatic carbocycles. The van der Waals surface area contributed by atoms with Crippen LogP contribution in [0.2, 0.25) is 0 Å². The first-order chi connectivity index (χ1) is 7.08. The van der Waals surface area contributed by atoms with Crippen LogP contribution < -0.4 is 5.73 Å². The van der Waals surface area contributed by atoms with Crippen LogP contribution in [0.3, 0.4) is 0 Å². The summed E-state index contributed by atoms with van der Waals surface area (Å²) in [6, 6.07) is 1.90. The van der Waals surface area contributed by atoms with Gasteiger partial charge in [0.1, 0.15) is 11.5 Å². The van der Waals surface area contributed by atoms with Gasteiger partial charge in [0.25, 0.3) is 0 Å². The molecule has 7 heteroatoms. The fourth-order valence-corrected chi connectivity index (χ4v) is 1.73. The lowest BCUT2D eigenvalue weighted by molar-refractivity contribution is 0.570. The monoisotopic (exact) mass is 274 g/mol. The molecule has 2 aromatic rings. The predicted octanol–water partition coefficient (Wildman–Crippen LogP) is 1.89. The van der Waals surface area contributed by atoms with E-state index in [2.05, 4.69) is 26.2 Å². The molecule has 0 saturated heterocycles. The van der Waals surface area contributed by atoms with Gasteiger partial charge >= 0.3 is 0 Å². The molecule has 0 bridgehead atoms. The van der Waals surface area contributed by atoms with Crippen molar-refractivity contribution in [3.05, 3.63) is 34.4 Å². The molecule has 0 aliphatic rings. The molecule has 0 spiro atoms. The molecule has 2 rings (SSSR count). The molecule has 2 N–H and O–H groups in total. The quantitative estimate of drug-likeness (QED) is 0.864. The summed E-state index contributed by atoms with van der Waals surface area (Å²) in [6.45, 7) is 0. The van der Waals surface area contributed by atoms with Crippen molar-refractivity contribution in [3.63, 3.8) is 0 Å². The van der Waals surface area contributed by atoms with E-state index < -0.39 is 11.6 Å². The highest BCUT2D eigenvalue weighted by atomic mass is 79.9. The molecule has 0 unspecified atom stereocenters. The number of rotatable bonds is 1. The van der Waals surface area contributed by atoms with E-state index in [1.165, 1.54) is 6.20 Å². The summed E-state index contributed by atoms with van der Waals surface area (Å²) >= 11 is 3.03. The summed E-state index contributed by atoms with van der Waals surface area (Å²) in [5.41, 5.74) is 5.41. The molecule has 0 fully saturated rings. The van der Waals surface area contributed by atoms with Gasteiger partial charge in [-0.05, 0) is 22.0 Å². The van der Waals surface area contributed by atoms with Gasteiger partial charge in [-0.1, -0.05) is 5.21 Å². The highest BCUT2D eigenvalue weighted by Crippen LogP contribution is 2.24. The molecular weight excluding hydrogens is 270 g/mol. The second-order valence-electron chi connectivity index (χ2n) is 2.81. The largest absolute Gasteiger partial charge is 0.381 e. The van der Waals surface area contributed by atoms with Crippen molar-refractivity contribution in [2.75, 3.05) is 5.73 Å². The SMILES string of the molecule is Nc1cn(-c2c(F)cc(F)cc2Br)nn1. The Kier molecular flexibility index (Phi) is 2.39. The van der Waals surface area contributed by atoms with E-state index in [4.69, 9.17) is 5.73 Å². The van der Waals surface area contributed by atoms with Crippen molar-refractivity contribution in [3.8, 4) is 5.69 Å². The fourth-order valence-electron chi connectivity index (χ4n) is 1.14. The van der Waals surface area contributed by atoms with Gasteiger partial charge in [-0.3, -0.25) is 0 Å². The Morgan fingerprint density at radius 1 is 1.33 bits per heavy atom. The van der Waals surface area contributed by atoms with Crippen LogP contribution in [0, 0.1) is 11.6 Å². The second-order valence-corrected chi connectivity index (χ2v) is 3.66. The third-order valence-electron chi connectivity index (χ3n) is 1.72. The van der Waals surface area contributed by atoms with Gasteiger partial charge in [0.15, 0.2) is 11.6 Å². The predicted molar refractivity (Wildman–Crippen MR) is 53.4 cm³/mol. The van der Waals surface area contributed by atoms with Crippen LogP contribution in [0.25, 0.3) is 5.69 Å². The van der Waals surface area contributed by atoms with Gasteiger partial charge in [-0.25, -0.2) is 13.5 Å². The zero-order valence-corrected chi connectivity index (χ0v) is 8.87. The molecule has 4 nitrogen and oxygen atoms in total. The molecule has 0 radical (unpaired) electrons. The van der Waals surface area contributed by atoms with Crippen LogP contribution in [0.15, 0.2) is 22.8 Å². The minimum Gasteiger partial charge on any atom is -0.381 e. The average molecular weight is 275 g/mol. The highest BCUT2D eigenvalue weighted by molar-refractivity contribution is 9.10. The van der Waals surface area contributed by atoms with Crippen molar-refractivity contribution in [2.24, 2.45) is 0 Å². The molecule has 1 aromatic carbocycles. The van der Waals surface area contributed by atoms with Gasteiger partial charge in [-0.15, -0.1) is 5.10 Å². The Balaban J connectivity index is 2.62. The van der Waals surface area contributed by atoms with E-state index in [1.54, 1.807) is 0 Å². The zero-order chi connectivity index (χ0) is 11.0. The third-order valence-corrected chi connectivity index (χ3v) is 2.33. The van der Waals surface area contributed by atoms with Gasteiger partial charge < -0.3 is 5.73 Å². The number of nitrogens with two attached hydrogens (primary N) is 1. The van der Waals surface area contributed by atoms with Crippen LogP contribution in [0.4, 0.5) is 14.6 Å². The van der Waals surface area contributed by atoms with Crippen LogP contribution in [-0.4, -0.2) is 15.0 Å². The van der Waals surface area contributed by atoms with E-state index in [-0.39, 0.29) is 16.0 Å². The minimum atomic E-state index is -0.744.